The summed E-state index contributed by atoms with van der Waals surface area (Å²) in [5.41, 5.74) is 0.622. The van der Waals surface area contributed by atoms with Gasteiger partial charge < -0.3 is 20.1 Å². The molecule has 1 saturated heterocycles. The number of halogens is 1. The molecule has 0 spiro atoms. The molecule has 0 radical (unpaired) electrons. The standard InChI is InChI=1S/C12H15ClN2O3/c1-17-11-3-2-8(6-10(11)13)14-12(16)15-9-4-5-18-7-9/h2-3,6,9H,4-5,7H2,1H3,(H2,14,15,16). The van der Waals surface area contributed by atoms with E-state index >= 15 is 0 Å². The van der Waals surface area contributed by atoms with Crippen LogP contribution in [0, 0.1) is 0 Å². The summed E-state index contributed by atoms with van der Waals surface area (Å²) in [5, 5.41) is 6.00. The van der Waals surface area contributed by atoms with Crippen LogP contribution in [-0.4, -0.2) is 32.4 Å². The van der Waals surface area contributed by atoms with Gasteiger partial charge in [0.25, 0.3) is 0 Å². The number of benzene rings is 1. The third-order valence-corrected chi connectivity index (χ3v) is 2.97. The van der Waals surface area contributed by atoms with Crippen molar-refractivity contribution in [2.45, 2.75) is 12.5 Å². The van der Waals surface area contributed by atoms with E-state index < -0.39 is 0 Å². The van der Waals surface area contributed by atoms with Gasteiger partial charge in [0.05, 0.1) is 24.8 Å². The first-order chi connectivity index (χ1) is 8.69. The number of carbonyl (C=O) groups excluding carboxylic acids is 1. The second-order valence-corrected chi connectivity index (χ2v) is 4.42. The highest BCUT2D eigenvalue weighted by Crippen LogP contribution is 2.27. The van der Waals surface area contributed by atoms with Crippen molar-refractivity contribution in [3.8, 4) is 5.75 Å². The van der Waals surface area contributed by atoms with Gasteiger partial charge in [-0.2, -0.15) is 0 Å². The number of amides is 2. The number of hydrogen-bond acceptors (Lipinski definition) is 3. The largest absolute Gasteiger partial charge is 0.495 e. The molecule has 0 saturated carbocycles. The monoisotopic (exact) mass is 270 g/mol. The van der Waals surface area contributed by atoms with Gasteiger partial charge in [0.2, 0.25) is 0 Å². The molecule has 0 aliphatic carbocycles. The zero-order valence-corrected chi connectivity index (χ0v) is 10.8. The van der Waals surface area contributed by atoms with E-state index in [-0.39, 0.29) is 12.1 Å². The minimum Gasteiger partial charge on any atom is -0.495 e. The molecule has 18 heavy (non-hydrogen) atoms. The van der Waals surface area contributed by atoms with Crippen LogP contribution in [0.1, 0.15) is 6.42 Å². The van der Waals surface area contributed by atoms with E-state index in [2.05, 4.69) is 10.6 Å². The average Bonchev–Trinajstić information content (AvgIpc) is 2.82. The number of hydrogen-bond donors (Lipinski definition) is 2. The molecule has 0 bridgehead atoms. The van der Waals surface area contributed by atoms with Crippen molar-refractivity contribution in [1.29, 1.82) is 0 Å². The summed E-state index contributed by atoms with van der Waals surface area (Å²) in [6.45, 7) is 1.26. The van der Waals surface area contributed by atoms with Crippen LogP contribution >= 0.6 is 11.6 Å². The van der Waals surface area contributed by atoms with E-state index in [9.17, 15) is 4.79 Å². The average molecular weight is 271 g/mol. The Labute approximate surface area is 110 Å². The first-order valence-corrected chi connectivity index (χ1v) is 6.05. The Morgan fingerprint density at radius 1 is 1.56 bits per heavy atom. The van der Waals surface area contributed by atoms with Crippen molar-refractivity contribution in [3.05, 3.63) is 23.2 Å². The maximum Gasteiger partial charge on any atom is 0.319 e. The van der Waals surface area contributed by atoms with E-state index in [1.165, 1.54) is 0 Å². The van der Waals surface area contributed by atoms with Gasteiger partial charge in [-0.25, -0.2) is 4.79 Å². The summed E-state index contributed by atoms with van der Waals surface area (Å²) < 4.78 is 10.2. The first-order valence-electron chi connectivity index (χ1n) is 5.68. The van der Waals surface area contributed by atoms with Crippen LogP contribution in [0.4, 0.5) is 10.5 Å². The number of carbonyl (C=O) groups is 1. The smallest absolute Gasteiger partial charge is 0.319 e. The lowest BCUT2D eigenvalue weighted by atomic mass is 10.2. The molecule has 0 aromatic heterocycles. The summed E-state index contributed by atoms with van der Waals surface area (Å²) in [7, 11) is 1.54. The van der Waals surface area contributed by atoms with Gasteiger partial charge in [0.1, 0.15) is 5.75 Å². The van der Waals surface area contributed by atoms with E-state index in [4.69, 9.17) is 21.1 Å². The summed E-state index contributed by atoms with van der Waals surface area (Å²) in [4.78, 5) is 11.7. The predicted octanol–water partition coefficient (Wildman–Crippen LogP) is 2.26. The first kappa shape index (κ1) is 13.0. The highest BCUT2D eigenvalue weighted by Gasteiger charge is 2.17. The Balaban J connectivity index is 1.92. The molecule has 1 aliphatic heterocycles. The van der Waals surface area contributed by atoms with Gasteiger partial charge in [-0.3, -0.25) is 0 Å². The SMILES string of the molecule is COc1ccc(NC(=O)NC2CCOC2)cc1Cl. The fourth-order valence-electron chi connectivity index (χ4n) is 1.75. The molecule has 1 atom stereocenters. The van der Waals surface area contributed by atoms with Gasteiger partial charge in [-0.1, -0.05) is 11.6 Å². The van der Waals surface area contributed by atoms with Gasteiger partial charge in [0, 0.05) is 12.3 Å². The molecule has 1 aromatic carbocycles. The Bertz CT molecular complexity index is 433. The molecule has 2 amide bonds. The molecular formula is C12H15ClN2O3. The summed E-state index contributed by atoms with van der Waals surface area (Å²) >= 11 is 5.97. The van der Waals surface area contributed by atoms with Crippen molar-refractivity contribution >= 4 is 23.3 Å². The lowest BCUT2D eigenvalue weighted by Gasteiger charge is -2.12. The second kappa shape index (κ2) is 5.93. The molecule has 6 heteroatoms. The van der Waals surface area contributed by atoms with Crippen LogP contribution < -0.4 is 15.4 Å². The van der Waals surface area contributed by atoms with Crippen LogP contribution in [0.25, 0.3) is 0 Å². The Morgan fingerprint density at radius 3 is 3.00 bits per heavy atom. The quantitative estimate of drug-likeness (QED) is 0.886. The molecule has 2 N–H and O–H groups in total. The molecule has 1 fully saturated rings. The fourth-order valence-corrected chi connectivity index (χ4v) is 2.00. The normalized spacial score (nSPS) is 18.4. The highest BCUT2D eigenvalue weighted by molar-refractivity contribution is 6.32. The zero-order chi connectivity index (χ0) is 13.0. The lowest BCUT2D eigenvalue weighted by molar-refractivity contribution is 0.189. The van der Waals surface area contributed by atoms with Gasteiger partial charge in [-0.05, 0) is 24.6 Å². The maximum absolute atomic E-state index is 11.7. The third kappa shape index (κ3) is 3.27. The van der Waals surface area contributed by atoms with Gasteiger partial charge in [-0.15, -0.1) is 0 Å². The van der Waals surface area contributed by atoms with Crippen molar-refractivity contribution in [3.63, 3.8) is 0 Å². The number of rotatable bonds is 3. The van der Waals surface area contributed by atoms with Crippen molar-refractivity contribution in [2.24, 2.45) is 0 Å². The van der Waals surface area contributed by atoms with E-state index in [0.29, 0.717) is 29.7 Å². The molecule has 1 aliphatic rings. The third-order valence-electron chi connectivity index (χ3n) is 2.67. The van der Waals surface area contributed by atoms with E-state index in [0.717, 1.165) is 6.42 Å². The molecule has 2 rings (SSSR count). The highest BCUT2D eigenvalue weighted by atomic mass is 35.5. The molecule has 1 aromatic rings. The topological polar surface area (TPSA) is 59.6 Å². The number of methoxy groups -OCH3 is 1. The van der Waals surface area contributed by atoms with Gasteiger partial charge in [0.15, 0.2) is 0 Å². The van der Waals surface area contributed by atoms with Crippen LogP contribution in [-0.2, 0) is 4.74 Å². The Hall–Kier alpha value is -1.46. The summed E-state index contributed by atoms with van der Waals surface area (Å²) in [5.74, 6) is 0.576. The molecule has 98 valence electrons. The second-order valence-electron chi connectivity index (χ2n) is 4.01. The van der Waals surface area contributed by atoms with Crippen LogP contribution in [0.3, 0.4) is 0 Å². The predicted molar refractivity (Wildman–Crippen MR) is 69.4 cm³/mol. The van der Waals surface area contributed by atoms with Crippen molar-refractivity contribution in [1.82, 2.24) is 5.32 Å². The van der Waals surface area contributed by atoms with E-state index in [1.807, 2.05) is 0 Å². The zero-order valence-electron chi connectivity index (χ0n) is 10.0. The van der Waals surface area contributed by atoms with Crippen molar-refractivity contribution < 1.29 is 14.3 Å². The molecular weight excluding hydrogens is 256 g/mol. The summed E-state index contributed by atoms with van der Waals surface area (Å²) in [6, 6.07) is 4.91. The Morgan fingerprint density at radius 2 is 2.39 bits per heavy atom. The van der Waals surface area contributed by atoms with Crippen LogP contribution in [0.15, 0.2) is 18.2 Å². The van der Waals surface area contributed by atoms with Gasteiger partial charge >= 0.3 is 6.03 Å². The lowest BCUT2D eigenvalue weighted by Crippen LogP contribution is -2.38. The fraction of sp³-hybridized carbons (Fsp3) is 0.417. The Kier molecular flexibility index (Phi) is 4.28. The van der Waals surface area contributed by atoms with Crippen LogP contribution in [0.5, 0.6) is 5.75 Å². The number of ether oxygens (including phenoxy) is 2. The van der Waals surface area contributed by atoms with Crippen LogP contribution in [0.2, 0.25) is 5.02 Å². The molecule has 1 unspecified atom stereocenters. The number of anilines is 1. The number of urea groups is 1. The molecule has 5 nitrogen and oxygen atoms in total. The minimum absolute atomic E-state index is 0.0821. The number of nitrogens with one attached hydrogen (secondary N) is 2. The minimum atomic E-state index is -0.258. The maximum atomic E-state index is 11.7. The van der Waals surface area contributed by atoms with E-state index in [1.54, 1.807) is 25.3 Å². The molecule has 1 heterocycles. The summed E-state index contributed by atoms with van der Waals surface area (Å²) in [6.07, 6.45) is 0.844. The van der Waals surface area contributed by atoms with Crippen molar-refractivity contribution in [2.75, 3.05) is 25.6 Å².